The molecule has 0 aliphatic rings. The Balaban J connectivity index is 2.12. The Morgan fingerprint density at radius 3 is 3.00 bits per heavy atom. The zero-order valence-corrected chi connectivity index (χ0v) is 10.0. The average molecular weight is 266 g/mol. The first-order chi connectivity index (χ1) is 8.70. The lowest BCUT2D eigenvalue weighted by Gasteiger charge is -2.04. The summed E-state index contributed by atoms with van der Waals surface area (Å²) in [6.07, 6.45) is 3.05. The van der Waals surface area contributed by atoms with Gasteiger partial charge in [0.1, 0.15) is 12.0 Å². The second-order valence-corrected chi connectivity index (χ2v) is 4.27. The van der Waals surface area contributed by atoms with Gasteiger partial charge in [0, 0.05) is 11.8 Å². The third-order valence-electron chi connectivity index (χ3n) is 2.19. The maximum Gasteiger partial charge on any atom is 0.293 e. The van der Waals surface area contributed by atoms with E-state index in [0.717, 1.165) is 5.56 Å². The van der Waals surface area contributed by atoms with Crippen molar-refractivity contribution in [3.63, 3.8) is 0 Å². The van der Waals surface area contributed by atoms with Crippen LogP contribution in [0.5, 0.6) is 0 Å². The number of anilines is 1. The third-order valence-corrected chi connectivity index (χ3v) is 3.11. The van der Waals surface area contributed by atoms with Gasteiger partial charge in [0.05, 0.1) is 11.1 Å². The summed E-state index contributed by atoms with van der Waals surface area (Å²) < 4.78 is 5.08. The van der Waals surface area contributed by atoms with Crippen molar-refractivity contribution in [2.45, 2.75) is 11.0 Å². The first kappa shape index (κ1) is 12.4. The number of nitrogens with zero attached hydrogens (tertiary/aromatic N) is 2. The van der Waals surface area contributed by atoms with Gasteiger partial charge < -0.3 is 9.84 Å². The number of hydrogen-bond donors (Lipinski definition) is 2. The Hall–Kier alpha value is -2.06. The molecule has 2 aromatic rings. The van der Waals surface area contributed by atoms with E-state index in [-0.39, 0.29) is 11.4 Å². The highest BCUT2D eigenvalue weighted by Crippen LogP contribution is 2.28. The third kappa shape index (κ3) is 2.79. The molecule has 0 fully saturated rings. The number of rotatable bonds is 5. The molecule has 0 radical (unpaired) electrons. The molecule has 0 spiro atoms. The van der Waals surface area contributed by atoms with Crippen LogP contribution >= 0.6 is 11.8 Å². The summed E-state index contributed by atoms with van der Waals surface area (Å²) >= 11 is 1.40. The number of hydrazine groups is 1. The molecule has 1 aromatic heterocycles. The smallest absolute Gasteiger partial charge is 0.293 e. The second kappa shape index (κ2) is 5.52. The summed E-state index contributed by atoms with van der Waals surface area (Å²) in [7, 11) is 0. The molecule has 0 unspecified atom stereocenters. The number of nitrogens with one attached hydrogen (secondary N) is 1. The highest BCUT2D eigenvalue weighted by atomic mass is 32.2. The normalized spacial score (nSPS) is 10.3. The number of nitrogen functional groups attached to an aromatic ring is 1. The summed E-state index contributed by atoms with van der Waals surface area (Å²) in [5.41, 5.74) is 3.44. The lowest BCUT2D eigenvalue weighted by atomic mass is 10.2. The van der Waals surface area contributed by atoms with E-state index in [4.69, 9.17) is 10.3 Å². The van der Waals surface area contributed by atoms with Gasteiger partial charge in [-0.1, -0.05) is 17.8 Å². The molecule has 94 valence electrons. The molecule has 0 amide bonds. The quantitative estimate of drug-likeness (QED) is 0.369. The topological polar surface area (TPSA) is 107 Å². The van der Waals surface area contributed by atoms with Crippen molar-refractivity contribution in [3.05, 3.63) is 46.3 Å². The van der Waals surface area contributed by atoms with Crippen molar-refractivity contribution >= 4 is 23.1 Å². The predicted octanol–water partition coefficient (Wildman–Crippen LogP) is 2.16. The van der Waals surface area contributed by atoms with E-state index in [2.05, 4.69) is 10.4 Å². The fraction of sp³-hybridized carbons (Fsp3) is 0.100. The van der Waals surface area contributed by atoms with Gasteiger partial charge in [0.15, 0.2) is 0 Å². The lowest BCUT2D eigenvalue weighted by molar-refractivity contribution is -0.384. The minimum atomic E-state index is -0.486. The van der Waals surface area contributed by atoms with E-state index in [1.165, 1.54) is 24.1 Å². The molecule has 18 heavy (non-hydrogen) atoms. The number of nitrogens with two attached hydrogens (primary N) is 1. The molecule has 2 rings (SSSR count). The maximum atomic E-state index is 10.7. The maximum absolute atomic E-state index is 10.7. The second-order valence-electron chi connectivity index (χ2n) is 3.34. The summed E-state index contributed by atoms with van der Waals surface area (Å²) in [6.45, 7) is 0. The van der Waals surface area contributed by atoms with Crippen LogP contribution in [0.3, 0.4) is 0 Å². The molecule has 0 aliphatic carbocycles. The molecule has 0 bridgehead atoms. The van der Waals surface area contributed by atoms with E-state index < -0.39 is 4.92 Å². The van der Waals surface area contributed by atoms with Crippen molar-refractivity contribution in [1.29, 1.82) is 0 Å². The number of benzene rings is 1. The van der Waals surface area contributed by atoms with Crippen molar-refractivity contribution in [2.24, 2.45) is 5.84 Å². The molecule has 0 aliphatic heterocycles. The Labute approximate surface area is 107 Å². The van der Waals surface area contributed by atoms with E-state index in [9.17, 15) is 10.1 Å². The minimum absolute atomic E-state index is 0.0534. The van der Waals surface area contributed by atoms with Crippen LogP contribution in [-0.4, -0.2) is 9.91 Å². The molecule has 0 atom stereocenters. The van der Waals surface area contributed by atoms with Crippen LogP contribution in [0.2, 0.25) is 0 Å². The van der Waals surface area contributed by atoms with Crippen LogP contribution in [0, 0.1) is 10.1 Å². The van der Waals surface area contributed by atoms with Crippen LogP contribution in [0.25, 0.3) is 0 Å². The zero-order chi connectivity index (χ0) is 13.0. The van der Waals surface area contributed by atoms with Crippen molar-refractivity contribution in [3.8, 4) is 0 Å². The predicted molar refractivity (Wildman–Crippen MR) is 67.0 cm³/mol. The summed E-state index contributed by atoms with van der Waals surface area (Å²) in [5, 5.41) is 11.3. The van der Waals surface area contributed by atoms with Crippen molar-refractivity contribution in [2.75, 3.05) is 5.43 Å². The Kier molecular flexibility index (Phi) is 3.80. The van der Waals surface area contributed by atoms with Crippen LogP contribution in [0.4, 0.5) is 11.4 Å². The molecule has 1 heterocycles. The molecular formula is C10H10N4O3S. The molecule has 3 N–H and O–H groups in total. The molecule has 8 heteroatoms. The van der Waals surface area contributed by atoms with Crippen LogP contribution in [0.15, 0.2) is 40.3 Å². The SMILES string of the molecule is NNc1cc(CSc2ncco2)ccc1[N+](=O)[O-]. The summed E-state index contributed by atoms with van der Waals surface area (Å²) in [4.78, 5) is 14.2. The zero-order valence-electron chi connectivity index (χ0n) is 9.20. The number of aromatic nitrogens is 1. The van der Waals surface area contributed by atoms with Gasteiger partial charge in [0.25, 0.3) is 10.9 Å². The van der Waals surface area contributed by atoms with Crippen molar-refractivity contribution in [1.82, 2.24) is 4.98 Å². The first-order valence-corrected chi connectivity index (χ1v) is 5.95. The van der Waals surface area contributed by atoms with Gasteiger partial charge in [-0.3, -0.25) is 16.0 Å². The highest BCUT2D eigenvalue weighted by Gasteiger charge is 2.13. The van der Waals surface area contributed by atoms with E-state index in [1.54, 1.807) is 18.3 Å². The fourth-order valence-electron chi connectivity index (χ4n) is 1.37. The number of thioether (sulfide) groups is 1. The highest BCUT2D eigenvalue weighted by molar-refractivity contribution is 7.98. The average Bonchev–Trinajstić information content (AvgIpc) is 2.88. The van der Waals surface area contributed by atoms with Crippen LogP contribution in [-0.2, 0) is 5.75 Å². The fourth-order valence-corrected chi connectivity index (χ4v) is 2.10. The van der Waals surface area contributed by atoms with Gasteiger partial charge in [0.2, 0.25) is 0 Å². The molecular weight excluding hydrogens is 256 g/mol. The van der Waals surface area contributed by atoms with E-state index in [0.29, 0.717) is 11.0 Å². The first-order valence-electron chi connectivity index (χ1n) is 4.97. The molecule has 7 nitrogen and oxygen atoms in total. The number of oxazole rings is 1. The number of hydrogen-bond acceptors (Lipinski definition) is 7. The molecule has 0 saturated heterocycles. The Morgan fingerprint density at radius 1 is 1.56 bits per heavy atom. The number of nitro benzene ring substituents is 1. The minimum Gasteiger partial charge on any atom is -0.440 e. The standard InChI is InChI=1S/C10H10N4O3S/c11-13-8-5-7(1-2-9(8)14(15)16)6-18-10-12-3-4-17-10/h1-5,13H,6,11H2. The largest absolute Gasteiger partial charge is 0.440 e. The monoisotopic (exact) mass is 266 g/mol. The lowest BCUT2D eigenvalue weighted by Crippen LogP contribution is -2.09. The molecule has 1 aromatic carbocycles. The van der Waals surface area contributed by atoms with Gasteiger partial charge >= 0.3 is 0 Å². The summed E-state index contributed by atoms with van der Waals surface area (Å²) in [5.74, 6) is 5.85. The van der Waals surface area contributed by atoms with Gasteiger partial charge in [-0.05, 0) is 11.6 Å². The van der Waals surface area contributed by atoms with E-state index >= 15 is 0 Å². The van der Waals surface area contributed by atoms with Gasteiger partial charge in [-0.25, -0.2) is 4.98 Å². The summed E-state index contributed by atoms with van der Waals surface area (Å²) in [6, 6.07) is 4.73. The van der Waals surface area contributed by atoms with Gasteiger partial charge in [-0.2, -0.15) is 0 Å². The Morgan fingerprint density at radius 2 is 2.39 bits per heavy atom. The van der Waals surface area contributed by atoms with Crippen molar-refractivity contribution < 1.29 is 9.34 Å². The Bertz CT molecular complexity index is 544. The van der Waals surface area contributed by atoms with E-state index in [1.807, 2.05) is 0 Å². The molecule has 0 saturated carbocycles. The van der Waals surface area contributed by atoms with Gasteiger partial charge in [-0.15, -0.1) is 0 Å². The van der Waals surface area contributed by atoms with Crippen LogP contribution < -0.4 is 11.3 Å². The van der Waals surface area contributed by atoms with Crippen LogP contribution in [0.1, 0.15) is 5.56 Å². The number of nitro groups is 1.